The lowest BCUT2D eigenvalue weighted by atomic mass is 10.1. The Kier molecular flexibility index (Phi) is 24.0. The van der Waals surface area contributed by atoms with Gasteiger partial charge in [-0.25, -0.2) is 0 Å². The molecule has 2 unspecified atom stereocenters. The van der Waals surface area contributed by atoms with Crippen molar-refractivity contribution in [2.24, 2.45) is 0 Å². The van der Waals surface area contributed by atoms with E-state index in [-0.39, 0.29) is 37.9 Å². The minimum absolute atomic E-state index is 0.0298. The fraction of sp³-hybridized carbons (Fsp3) is 0.581. The van der Waals surface area contributed by atoms with E-state index in [1.54, 1.807) is 18.2 Å². The summed E-state index contributed by atoms with van der Waals surface area (Å²) in [5.41, 5.74) is 0. The molecular formula is C31H49N3O9S. The molecule has 44 heavy (non-hydrogen) atoms. The maximum Gasteiger partial charge on any atom is 0.322 e. The van der Waals surface area contributed by atoms with E-state index < -0.39 is 59.7 Å². The van der Waals surface area contributed by atoms with Crippen molar-refractivity contribution in [3.63, 3.8) is 0 Å². The number of thioether (sulfide) groups is 1. The van der Waals surface area contributed by atoms with Crippen LogP contribution in [-0.2, 0) is 24.0 Å². The number of rotatable bonds is 26. The highest BCUT2D eigenvalue weighted by Gasteiger charge is 2.26. The van der Waals surface area contributed by atoms with Crippen LogP contribution in [0.1, 0.15) is 71.1 Å². The summed E-state index contributed by atoms with van der Waals surface area (Å²) in [7, 11) is 1.45. The number of carbonyl (C=O) groups is 5. The molecule has 0 saturated carbocycles. The van der Waals surface area contributed by atoms with Crippen molar-refractivity contribution in [2.45, 2.75) is 94.6 Å². The van der Waals surface area contributed by atoms with Crippen LogP contribution in [0, 0.1) is 0 Å². The summed E-state index contributed by atoms with van der Waals surface area (Å²) in [4.78, 5) is 58.3. The topological polar surface area (TPSA) is 202 Å². The van der Waals surface area contributed by atoms with Crippen molar-refractivity contribution in [1.82, 2.24) is 16.0 Å². The number of hydrogen-bond acceptors (Lipinski definition) is 8. The largest absolute Gasteiger partial charge is 0.481 e. The minimum Gasteiger partial charge on any atom is -0.481 e. The molecule has 0 aliphatic heterocycles. The van der Waals surface area contributed by atoms with E-state index in [1.165, 1.54) is 26.3 Å². The number of aliphatic hydroxyl groups excluding tert-OH is 1. The SMILES string of the molecule is CCCCC/C=C\C\C=C/C=C/C=C/[C@@H](SCC(NC(=O)CCC(NC)C(=O)O)C(=O)NCC(=O)O)[C@@H](O)CCCC(=O)O. The molecule has 12 nitrogen and oxygen atoms in total. The number of amides is 2. The molecular weight excluding hydrogens is 590 g/mol. The molecule has 0 fully saturated rings. The lowest BCUT2D eigenvalue weighted by molar-refractivity contribution is -0.140. The third-order valence-electron chi connectivity index (χ3n) is 6.28. The van der Waals surface area contributed by atoms with E-state index in [1.807, 2.05) is 18.2 Å². The Hall–Kier alpha value is -3.42. The van der Waals surface area contributed by atoms with Gasteiger partial charge in [0, 0.05) is 23.8 Å². The molecule has 4 atom stereocenters. The number of likely N-dealkylation sites (N-methyl/N-ethyl adjacent to an activating group) is 1. The van der Waals surface area contributed by atoms with E-state index in [9.17, 15) is 29.1 Å². The van der Waals surface area contributed by atoms with E-state index in [4.69, 9.17) is 15.3 Å². The Balaban J connectivity index is 5.43. The summed E-state index contributed by atoms with van der Waals surface area (Å²) >= 11 is 1.14. The smallest absolute Gasteiger partial charge is 0.322 e. The molecule has 0 aliphatic carbocycles. The number of carboxylic acid groups (broad SMARTS) is 3. The Bertz CT molecular complexity index is 998. The number of unbranched alkanes of at least 4 members (excludes halogenated alkanes) is 3. The highest BCUT2D eigenvalue weighted by Crippen LogP contribution is 2.22. The van der Waals surface area contributed by atoms with E-state index >= 15 is 0 Å². The highest BCUT2D eigenvalue weighted by atomic mass is 32.2. The van der Waals surface area contributed by atoms with Crippen molar-refractivity contribution in [3.05, 3.63) is 48.6 Å². The molecule has 0 spiro atoms. The van der Waals surface area contributed by atoms with Gasteiger partial charge in [-0.05, 0) is 45.6 Å². The van der Waals surface area contributed by atoms with Gasteiger partial charge in [-0.1, -0.05) is 68.4 Å². The average molecular weight is 640 g/mol. The van der Waals surface area contributed by atoms with Gasteiger partial charge in [0.15, 0.2) is 0 Å². The van der Waals surface area contributed by atoms with Gasteiger partial charge < -0.3 is 36.4 Å². The lowest BCUT2D eigenvalue weighted by Crippen LogP contribution is -2.50. The quantitative estimate of drug-likeness (QED) is 0.0416. The van der Waals surface area contributed by atoms with Crippen molar-refractivity contribution < 1.29 is 44.4 Å². The molecule has 7 N–H and O–H groups in total. The van der Waals surface area contributed by atoms with Gasteiger partial charge in [0.25, 0.3) is 0 Å². The second-order valence-corrected chi connectivity index (χ2v) is 11.2. The lowest BCUT2D eigenvalue weighted by Gasteiger charge is -2.23. The van der Waals surface area contributed by atoms with Gasteiger partial charge >= 0.3 is 17.9 Å². The number of carbonyl (C=O) groups excluding carboxylic acids is 2. The molecule has 0 aromatic carbocycles. The van der Waals surface area contributed by atoms with Crippen LogP contribution in [0.3, 0.4) is 0 Å². The first kappa shape index (κ1) is 40.6. The number of aliphatic carboxylic acids is 3. The summed E-state index contributed by atoms with van der Waals surface area (Å²) < 4.78 is 0. The number of aliphatic hydroxyl groups is 1. The van der Waals surface area contributed by atoms with Crippen LogP contribution in [0.25, 0.3) is 0 Å². The molecule has 0 bridgehead atoms. The maximum absolute atomic E-state index is 12.7. The van der Waals surface area contributed by atoms with Gasteiger partial charge in [0.2, 0.25) is 11.8 Å². The molecule has 0 heterocycles. The van der Waals surface area contributed by atoms with Crippen LogP contribution >= 0.6 is 11.8 Å². The Morgan fingerprint density at radius 2 is 1.55 bits per heavy atom. The van der Waals surface area contributed by atoms with Crippen molar-refractivity contribution in [3.8, 4) is 0 Å². The van der Waals surface area contributed by atoms with Crippen LogP contribution in [0.4, 0.5) is 0 Å². The standard InChI is InChI=1S/C31H49N3O9S/c1-3-4-5-6-7-8-9-10-11-12-13-14-17-26(25(35)16-15-18-28(37)38)44-22-24(30(41)33-21-29(39)40)34-27(36)20-19-23(32-2)31(42)43/h7-8,10-14,17,23-26,32,35H,3-6,9,15-16,18-22H2,1-2H3,(H,33,41)(H,34,36)(H,37,38)(H,39,40)(H,42,43)/b8-7-,11-10-,13-12+,17-14+/t23?,24?,25-,26+/m0/s1. The zero-order chi connectivity index (χ0) is 33.2. The third kappa shape index (κ3) is 22.2. The molecule has 0 aromatic rings. The van der Waals surface area contributed by atoms with Gasteiger partial charge in [-0.15, -0.1) is 11.8 Å². The zero-order valence-electron chi connectivity index (χ0n) is 25.7. The van der Waals surface area contributed by atoms with Crippen molar-refractivity contribution in [2.75, 3.05) is 19.3 Å². The zero-order valence-corrected chi connectivity index (χ0v) is 26.5. The molecule has 0 aliphatic rings. The first-order valence-electron chi connectivity index (χ1n) is 14.9. The number of nitrogens with one attached hydrogen (secondary N) is 3. The number of carboxylic acids is 3. The Morgan fingerprint density at radius 3 is 2.18 bits per heavy atom. The maximum atomic E-state index is 12.7. The molecule has 248 valence electrons. The highest BCUT2D eigenvalue weighted by molar-refractivity contribution is 8.00. The number of hydrogen-bond donors (Lipinski definition) is 7. The van der Waals surface area contributed by atoms with Crippen LogP contribution in [0.15, 0.2) is 48.6 Å². The Morgan fingerprint density at radius 1 is 0.818 bits per heavy atom. The fourth-order valence-corrected chi connectivity index (χ4v) is 5.00. The molecule has 0 rings (SSSR count). The molecule has 2 amide bonds. The summed E-state index contributed by atoms with van der Waals surface area (Å²) in [6, 6.07) is -2.12. The molecule has 0 aromatic heterocycles. The normalized spacial score (nSPS) is 14.6. The predicted octanol–water partition coefficient (Wildman–Crippen LogP) is 3.04. The molecule has 0 radical (unpaired) electrons. The summed E-state index contributed by atoms with van der Waals surface area (Å²) in [6.07, 6.45) is 19.8. The summed E-state index contributed by atoms with van der Waals surface area (Å²) in [6.45, 7) is 1.51. The van der Waals surface area contributed by atoms with E-state index in [0.717, 1.165) is 24.6 Å². The van der Waals surface area contributed by atoms with Gasteiger partial charge in [-0.2, -0.15) is 0 Å². The van der Waals surface area contributed by atoms with E-state index in [0.29, 0.717) is 0 Å². The van der Waals surface area contributed by atoms with Crippen molar-refractivity contribution >= 4 is 41.5 Å². The first-order chi connectivity index (χ1) is 21.0. The predicted molar refractivity (Wildman–Crippen MR) is 171 cm³/mol. The van der Waals surface area contributed by atoms with E-state index in [2.05, 4.69) is 35.0 Å². The second-order valence-electron chi connectivity index (χ2n) is 10.0. The Labute approximate surface area is 264 Å². The first-order valence-corrected chi connectivity index (χ1v) is 15.9. The van der Waals surface area contributed by atoms with Gasteiger partial charge in [-0.3, -0.25) is 24.0 Å². The van der Waals surface area contributed by atoms with Crippen LogP contribution in [0.2, 0.25) is 0 Å². The summed E-state index contributed by atoms with van der Waals surface area (Å²) in [5.74, 6) is -4.76. The third-order valence-corrected chi connectivity index (χ3v) is 7.66. The minimum atomic E-state index is -1.27. The van der Waals surface area contributed by atoms with Crippen LogP contribution in [0.5, 0.6) is 0 Å². The molecule has 0 saturated heterocycles. The molecule has 13 heteroatoms. The summed E-state index contributed by atoms with van der Waals surface area (Å²) in [5, 5.41) is 44.6. The van der Waals surface area contributed by atoms with Crippen LogP contribution < -0.4 is 16.0 Å². The van der Waals surface area contributed by atoms with Gasteiger partial charge in [0.05, 0.1) is 6.10 Å². The fourth-order valence-electron chi connectivity index (χ4n) is 3.79. The second kappa shape index (κ2) is 26.0. The average Bonchev–Trinajstić information content (AvgIpc) is 2.97. The van der Waals surface area contributed by atoms with Crippen LogP contribution in [-0.4, -0.2) is 92.9 Å². The number of allylic oxidation sites excluding steroid dienone is 7. The van der Waals surface area contributed by atoms with Gasteiger partial charge in [0.1, 0.15) is 18.6 Å². The van der Waals surface area contributed by atoms with Crippen molar-refractivity contribution in [1.29, 1.82) is 0 Å². The monoisotopic (exact) mass is 639 g/mol.